The summed E-state index contributed by atoms with van der Waals surface area (Å²) in [5.74, 6) is -0.910. The van der Waals surface area contributed by atoms with Gasteiger partial charge in [0.1, 0.15) is 6.10 Å². The minimum atomic E-state index is -4.39. The van der Waals surface area contributed by atoms with E-state index in [1.54, 1.807) is 13.8 Å². The molecule has 0 saturated carbocycles. The first-order valence-corrected chi connectivity index (χ1v) is 12.2. The van der Waals surface area contributed by atoms with Crippen molar-refractivity contribution in [2.45, 2.75) is 86.9 Å². The highest BCUT2D eigenvalue weighted by atomic mass is 31.2. The van der Waals surface area contributed by atoms with Crippen LogP contribution in [0.4, 0.5) is 0 Å². The Morgan fingerprint density at radius 3 is 2.03 bits per heavy atom. The standard InChI is InChI=1S/C21H43N2O7P/c1-15(2)21(8,9)30-31(27,28)29-14-20(6,7)17(25)18(26)23-12-10-16(24)22-13-11-19(3,4)5/h15,17,25H,10-14H2,1-9H3,(H,22,24)(H,23,26)(H,27,28). The molecular weight excluding hydrogens is 423 g/mol. The number of hydrogen-bond donors (Lipinski definition) is 4. The summed E-state index contributed by atoms with van der Waals surface area (Å²) in [4.78, 5) is 34.1. The van der Waals surface area contributed by atoms with Crippen molar-refractivity contribution in [1.29, 1.82) is 0 Å². The van der Waals surface area contributed by atoms with Gasteiger partial charge in [-0.05, 0) is 31.6 Å². The average molecular weight is 467 g/mol. The van der Waals surface area contributed by atoms with Crippen LogP contribution in [0.3, 0.4) is 0 Å². The Kier molecular flexibility index (Phi) is 11.4. The summed E-state index contributed by atoms with van der Waals surface area (Å²) in [7, 11) is -4.39. The summed E-state index contributed by atoms with van der Waals surface area (Å²) in [5, 5.41) is 15.7. The van der Waals surface area contributed by atoms with E-state index in [4.69, 9.17) is 9.05 Å². The fraction of sp³-hybridized carbons (Fsp3) is 0.905. The van der Waals surface area contributed by atoms with Crippen molar-refractivity contribution in [3.8, 4) is 0 Å². The molecule has 0 saturated heterocycles. The Morgan fingerprint density at radius 1 is 1.00 bits per heavy atom. The second-order valence-corrected chi connectivity index (χ2v) is 12.1. The molecule has 31 heavy (non-hydrogen) atoms. The molecule has 0 aliphatic carbocycles. The van der Waals surface area contributed by atoms with Crippen molar-refractivity contribution in [3.05, 3.63) is 0 Å². The minimum Gasteiger partial charge on any atom is -0.383 e. The number of aliphatic hydroxyl groups excluding tert-OH is 1. The highest BCUT2D eigenvalue weighted by Crippen LogP contribution is 2.50. The predicted octanol–water partition coefficient (Wildman–Crippen LogP) is 3.00. The van der Waals surface area contributed by atoms with E-state index in [0.717, 1.165) is 6.42 Å². The quantitative estimate of drug-likeness (QED) is 0.307. The number of phosphoric ester groups is 1. The van der Waals surface area contributed by atoms with Gasteiger partial charge in [0.05, 0.1) is 12.2 Å². The van der Waals surface area contributed by atoms with E-state index >= 15 is 0 Å². The molecule has 0 aromatic carbocycles. The molecule has 0 fully saturated rings. The van der Waals surface area contributed by atoms with Crippen LogP contribution in [0.5, 0.6) is 0 Å². The lowest BCUT2D eigenvalue weighted by molar-refractivity contribution is -0.137. The molecule has 0 aliphatic rings. The van der Waals surface area contributed by atoms with Gasteiger partial charge in [0, 0.05) is 24.9 Å². The third-order valence-electron chi connectivity index (χ3n) is 5.18. The fourth-order valence-electron chi connectivity index (χ4n) is 2.17. The Hall–Kier alpha value is -0.990. The summed E-state index contributed by atoms with van der Waals surface area (Å²) < 4.78 is 22.5. The van der Waals surface area contributed by atoms with Gasteiger partial charge < -0.3 is 20.6 Å². The zero-order chi connectivity index (χ0) is 24.7. The van der Waals surface area contributed by atoms with E-state index < -0.39 is 30.8 Å². The van der Waals surface area contributed by atoms with Crippen molar-refractivity contribution in [2.24, 2.45) is 16.7 Å². The lowest BCUT2D eigenvalue weighted by Gasteiger charge is -2.33. The Morgan fingerprint density at radius 2 is 1.55 bits per heavy atom. The van der Waals surface area contributed by atoms with Crippen molar-refractivity contribution in [3.63, 3.8) is 0 Å². The first-order valence-electron chi connectivity index (χ1n) is 10.7. The van der Waals surface area contributed by atoms with E-state index in [0.29, 0.717) is 6.54 Å². The number of nitrogens with one attached hydrogen (secondary N) is 2. The largest absolute Gasteiger partial charge is 0.472 e. The summed E-state index contributed by atoms with van der Waals surface area (Å²) in [5.41, 5.74) is -1.94. The summed E-state index contributed by atoms with van der Waals surface area (Å²) in [6.07, 6.45) is -0.580. The molecule has 2 amide bonds. The van der Waals surface area contributed by atoms with Crippen LogP contribution in [0.15, 0.2) is 0 Å². The molecule has 2 atom stereocenters. The molecule has 2 unspecified atom stereocenters. The molecule has 4 N–H and O–H groups in total. The molecule has 0 bridgehead atoms. The topological polar surface area (TPSA) is 134 Å². The third-order valence-corrected chi connectivity index (χ3v) is 6.33. The van der Waals surface area contributed by atoms with Gasteiger partial charge in [-0.2, -0.15) is 0 Å². The summed E-state index contributed by atoms with van der Waals surface area (Å²) in [6.45, 7) is 16.6. The van der Waals surface area contributed by atoms with Crippen LogP contribution in [-0.2, 0) is 23.2 Å². The van der Waals surface area contributed by atoms with Crippen LogP contribution in [0.25, 0.3) is 0 Å². The molecular formula is C21H43N2O7P. The maximum absolute atomic E-state index is 12.3. The number of rotatable bonds is 13. The number of hydrogen-bond acceptors (Lipinski definition) is 6. The second-order valence-electron chi connectivity index (χ2n) is 10.7. The zero-order valence-electron chi connectivity index (χ0n) is 20.6. The summed E-state index contributed by atoms with van der Waals surface area (Å²) >= 11 is 0. The highest BCUT2D eigenvalue weighted by molar-refractivity contribution is 7.47. The van der Waals surface area contributed by atoms with Gasteiger partial charge in [-0.25, -0.2) is 4.57 Å². The molecule has 0 aromatic rings. The number of carbonyl (C=O) groups excluding carboxylic acids is 2. The van der Waals surface area contributed by atoms with Crippen molar-refractivity contribution in [1.82, 2.24) is 10.6 Å². The van der Waals surface area contributed by atoms with E-state index in [2.05, 4.69) is 31.4 Å². The first kappa shape index (κ1) is 30.0. The maximum Gasteiger partial charge on any atom is 0.472 e. The Bertz CT molecular complexity index is 642. The van der Waals surface area contributed by atoms with Gasteiger partial charge in [-0.3, -0.25) is 18.6 Å². The lowest BCUT2D eigenvalue weighted by Crippen LogP contribution is -2.46. The van der Waals surface area contributed by atoms with E-state index in [1.165, 1.54) is 13.8 Å². The predicted molar refractivity (Wildman–Crippen MR) is 120 cm³/mol. The SMILES string of the molecule is CC(C)C(C)(C)OP(=O)(O)OCC(C)(C)C(O)C(=O)NCCC(=O)NCCC(C)(C)C. The second kappa shape index (κ2) is 11.8. The van der Waals surface area contributed by atoms with Crippen LogP contribution >= 0.6 is 7.82 Å². The molecule has 184 valence electrons. The van der Waals surface area contributed by atoms with Crippen LogP contribution < -0.4 is 10.6 Å². The number of amides is 2. The average Bonchev–Trinajstić information content (AvgIpc) is 2.57. The van der Waals surface area contributed by atoms with E-state index in [-0.39, 0.29) is 36.8 Å². The van der Waals surface area contributed by atoms with Crippen molar-refractivity contribution < 1.29 is 33.2 Å². The van der Waals surface area contributed by atoms with E-state index in [9.17, 15) is 24.2 Å². The highest BCUT2D eigenvalue weighted by Gasteiger charge is 2.39. The van der Waals surface area contributed by atoms with Gasteiger partial charge >= 0.3 is 7.82 Å². The molecule has 0 aliphatic heterocycles. The third kappa shape index (κ3) is 12.6. The molecule has 0 aromatic heterocycles. The van der Waals surface area contributed by atoms with Gasteiger partial charge in [0.25, 0.3) is 0 Å². The Labute approximate surface area is 187 Å². The van der Waals surface area contributed by atoms with Crippen LogP contribution in [0.2, 0.25) is 0 Å². The molecule has 9 nitrogen and oxygen atoms in total. The number of carbonyl (C=O) groups is 2. The van der Waals surface area contributed by atoms with E-state index in [1.807, 2.05) is 13.8 Å². The monoisotopic (exact) mass is 466 g/mol. The normalized spacial score (nSPS) is 16.0. The zero-order valence-corrected chi connectivity index (χ0v) is 21.5. The fourth-order valence-corrected chi connectivity index (χ4v) is 3.53. The molecule has 0 spiro atoms. The molecule has 10 heteroatoms. The van der Waals surface area contributed by atoms with Crippen molar-refractivity contribution >= 4 is 19.6 Å². The van der Waals surface area contributed by atoms with Crippen LogP contribution in [0.1, 0.15) is 75.2 Å². The molecule has 0 radical (unpaired) electrons. The number of phosphoric acid groups is 1. The van der Waals surface area contributed by atoms with Gasteiger partial charge in [-0.1, -0.05) is 48.5 Å². The maximum atomic E-state index is 12.3. The van der Waals surface area contributed by atoms with Crippen LogP contribution in [0, 0.1) is 16.7 Å². The summed E-state index contributed by atoms with van der Waals surface area (Å²) in [6, 6.07) is 0. The Balaban J connectivity index is 4.53. The van der Waals surface area contributed by atoms with Gasteiger partial charge in [0.15, 0.2) is 0 Å². The number of aliphatic hydroxyl groups is 1. The van der Waals surface area contributed by atoms with Gasteiger partial charge in [-0.15, -0.1) is 0 Å². The molecule has 0 rings (SSSR count). The smallest absolute Gasteiger partial charge is 0.383 e. The first-order chi connectivity index (χ1) is 13.8. The van der Waals surface area contributed by atoms with Crippen LogP contribution in [-0.4, -0.2) is 53.2 Å². The minimum absolute atomic E-state index is 0.0355. The lowest BCUT2D eigenvalue weighted by atomic mass is 9.87. The van der Waals surface area contributed by atoms with Crippen molar-refractivity contribution in [2.75, 3.05) is 19.7 Å². The molecule has 0 heterocycles. The van der Waals surface area contributed by atoms with Gasteiger partial charge in [0.2, 0.25) is 11.8 Å².